The van der Waals surface area contributed by atoms with Crippen LogP contribution in [0.4, 0.5) is 17.1 Å². The van der Waals surface area contributed by atoms with Crippen LogP contribution < -0.4 is 33.4 Å². The van der Waals surface area contributed by atoms with Crippen molar-refractivity contribution in [2.24, 2.45) is 0 Å². The van der Waals surface area contributed by atoms with Crippen molar-refractivity contribution in [1.29, 1.82) is 0 Å². The number of thiophene rings is 1. The van der Waals surface area contributed by atoms with E-state index >= 15 is 0 Å². The van der Waals surface area contributed by atoms with Crippen molar-refractivity contribution in [1.82, 2.24) is 59.8 Å². The lowest BCUT2D eigenvalue weighted by molar-refractivity contribution is 0.914. The third-order valence-electron chi connectivity index (χ3n) is 19.7. The number of rotatable bonds is 23. The fraction of sp³-hybridized carbons (Fsp3) is 0.133. The van der Waals surface area contributed by atoms with E-state index in [1.165, 1.54) is 132 Å². The Labute approximate surface area is 848 Å². The summed E-state index contributed by atoms with van der Waals surface area (Å²) in [7, 11) is 0. The number of aromatic nitrogens is 12. The van der Waals surface area contributed by atoms with Crippen LogP contribution in [0.25, 0.3) is 70.1 Å². The minimum atomic E-state index is -0.429. The molecular formula is C105H87Br2Cl2N15O6S7. The highest BCUT2D eigenvalue weighted by Crippen LogP contribution is 2.36. The Morgan fingerprint density at radius 2 is 0.591 bits per heavy atom. The maximum atomic E-state index is 12.3. The van der Waals surface area contributed by atoms with Crippen LogP contribution in [0.3, 0.4) is 0 Å². The van der Waals surface area contributed by atoms with Gasteiger partial charge < -0.3 is 29.9 Å². The molecular weight excluding hydrogens is 2020 g/mol. The van der Waals surface area contributed by atoms with Crippen LogP contribution in [0.2, 0.25) is 10.0 Å². The van der Waals surface area contributed by atoms with Crippen molar-refractivity contribution in [3.63, 3.8) is 0 Å². The van der Waals surface area contributed by atoms with Gasteiger partial charge in [-0.3, -0.25) is 28.8 Å². The monoisotopic (exact) mass is 2110 g/mol. The SMILES string of the molecule is Cc1cccc(CSc2nc(-c3ccccc3)c(Br)c(=O)[nH]2)c1.Cc1cccc(CSc2nc(-c3ccccc3)c(Cl)c(=O)[nH]2)c1.Cc1cccc(CSc2nc(-c3cccs3)c(Br)c(=O)[nH]2)c1.[C-]#[N+]c1c(-c2ccc(C)cc2)nc(SCc2cccc(C)c2)[nH]c1=O.[C-]#[N+]c1c(-c2ccc(Cl)cc2)nc(SCc2ccc(C)cc2)[nH]c1=O.[C-]#[N+]c1c(C)nc(SCc2cccc(C)c2)[nH]c1=O. The molecule has 0 atom stereocenters. The number of aromatic amines is 6. The lowest BCUT2D eigenvalue weighted by atomic mass is 10.1. The molecule has 0 aliphatic rings. The van der Waals surface area contributed by atoms with E-state index in [4.69, 9.17) is 42.9 Å². The zero-order chi connectivity index (χ0) is 97.4. The van der Waals surface area contributed by atoms with Crippen molar-refractivity contribution in [3.8, 4) is 55.6 Å². The van der Waals surface area contributed by atoms with Gasteiger partial charge in [-0.1, -0.05) is 381 Å². The van der Waals surface area contributed by atoms with Gasteiger partial charge in [-0.25, -0.2) is 44.4 Å². The van der Waals surface area contributed by atoms with Gasteiger partial charge in [0.15, 0.2) is 30.9 Å². The predicted octanol–water partition coefficient (Wildman–Crippen LogP) is 27.7. The molecule has 0 unspecified atom stereocenters. The van der Waals surface area contributed by atoms with E-state index in [9.17, 15) is 28.8 Å². The number of halogens is 4. The summed E-state index contributed by atoms with van der Waals surface area (Å²) in [6.07, 6.45) is 0. The molecule has 0 fully saturated rings. The van der Waals surface area contributed by atoms with E-state index in [1.807, 2.05) is 209 Å². The molecule has 0 aliphatic carbocycles. The predicted molar refractivity (Wildman–Crippen MR) is 572 cm³/mol. The van der Waals surface area contributed by atoms with Gasteiger partial charge >= 0.3 is 0 Å². The second kappa shape index (κ2) is 51.5. The van der Waals surface area contributed by atoms with Crippen LogP contribution in [-0.4, -0.2) is 59.8 Å². The molecule has 0 bridgehead atoms. The number of hydrogen-bond donors (Lipinski definition) is 6. The summed E-state index contributed by atoms with van der Waals surface area (Å²) in [5.74, 6) is 4.40. The first kappa shape index (κ1) is 103. The number of H-pyrrole nitrogens is 6. The smallest absolute Gasteiger partial charge is 0.276 e. The maximum absolute atomic E-state index is 12.3. The molecule has 10 aromatic carbocycles. The van der Waals surface area contributed by atoms with Gasteiger partial charge in [0.05, 0.1) is 53.1 Å². The lowest BCUT2D eigenvalue weighted by Gasteiger charge is -2.07. The number of aryl methyl sites for hydroxylation is 8. The zero-order valence-electron chi connectivity index (χ0n) is 75.1. The van der Waals surface area contributed by atoms with E-state index in [1.54, 1.807) is 42.5 Å². The molecule has 32 heteroatoms. The van der Waals surface area contributed by atoms with Crippen molar-refractivity contribution in [3.05, 3.63) is 466 Å². The highest BCUT2D eigenvalue weighted by Gasteiger charge is 2.20. The summed E-state index contributed by atoms with van der Waals surface area (Å²) >= 11 is 29.2. The van der Waals surface area contributed by atoms with E-state index in [0.717, 1.165) is 55.7 Å². The standard InChI is InChI=1S/C20H17N3OS.C19H14ClN3OS.C18H15BrN2OS.C18H15ClN2OS.C16H13BrN2OS2.C14H13N3OS/c1-13-7-9-16(10-8-13)17-18(21-3)19(24)23-20(22-17)25-12-15-6-4-5-14(2)11-15;1-12-3-5-13(6-4-12)11-25-19-22-16(17(21-2)18(24)23-19)14-7-9-15(20)10-8-14;2*1-12-6-5-7-13(10-12)11-23-18-20-16(15(19)17(22)21-18)14-8-3-2-4-9-14;1-10-4-2-5-11(8-10)9-22-16-18-14(12-6-3-7-21-12)13(17)15(20)19-16;1-9-5-4-6-11(7-9)8-19-14-16-10(2)12(15-3)13(18)17-14/h4-11H,12H2,1-2H3,(H,22,23,24);3-10H,11H2,1H3,(H,22,23,24);2*2-10H,11H2,1H3,(H,20,21,22);2-8H,9H2,1H3,(H,18,19,20);4-7H,8H2,1-2H3,(H,16,17,18). The quantitative estimate of drug-likeness (QED) is 0.0197. The number of thioether (sulfide) groups is 6. The summed E-state index contributed by atoms with van der Waals surface area (Å²) in [6.45, 7) is 37.5. The van der Waals surface area contributed by atoms with Crippen LogP contribution in [0.1, 0.15) is 78.0 Å². The molecule has 7 aromatic heterocycles. The van der Waals surface area contributed by atoms with Crippen molar-refractivity contribution in [2.75, 3.05) is 0 Å². The van der Waals surface area contributed by atoms with E-state index in [-0.39, 0.29) is 44.3 Å². The summed E-state index contributed by atoms with van der Waals surface area (Å²) in [5.41, 5.74) is 20.2. The second-order valence-corrected chi connectivity index (χ2v) is 39.8. The first-order valence-electron chi connectivity index (χ1n) is 42.1. The molecule has 688 valence electrons. The second-order valence-electron chi connectivity index (χ2n) is 30.6. The maximum Gasteiger partial charge on any atom is 0.276 e. The Kier molecular flexibility index (Phi) is 38.8. The van der Waals surface area contributed by atoms with Gasteiger partial charge in [0.1, 0.15) is 19.7 Å². The van der Waals surface area contributed by atoms with Crippen LogP contribution in [0, 0.1) is 75.1 Å². The topological polar surface area (TPSA) is 288 Å². The van der Waals surface area contributed by atoms with Crippen LogP contribution in [-0.2, 0) is 34.5 Å². The third kappa shape index (κ3) is 30.9. The molecule has 0 radical (unpaired) electrons. The Morgan fingerprint density at radius 1 is 0.292 bits per heavy atom. The molecule has 0 spiro atoms. The first-order chi connectivity index (χ1) is 66.1. The van der Waals surface area contributed by atoms with Gasteiger partial charge in [-0.15, -0.1) is 11.3 Å². The fourth-order valence-corrected chi connectivity index (χ4v) is 19.9. The van der Waals surface area contributed by atoms with Crippen molar-refractivity contribution < 1.29 is 0 Å². The van der Waals surface area contributed by atoms with E-state index in [0.29, 0.717) is 96.1 Å². The van der Waals surface area contributed by atoms with E-state index < -0.39 is 11.1 Å². The van der Waals surface area contributed by atoms with Crippen molar-refractivity contribution in [2.45, 2.75) is 121 Å². The molecule has 7 heterocycles. The van der Waals surface area contributed by atoms with Gasteiger partial charge in [-0.05, 0) is 155 Å². The molecule has 21 nitrogen and oxygen atoms in total. The Bertz CT molecular complexity index is 7460. The molecule has 0 saturated heterocycles. The average molecular weight is 2110 g/mol. The first-order valence-corrected chi connectivity index (χ1v) is 51.3. The van der Waals surface area contributed by atoms with Gasteiger partial charge in [0.25, 0.3) is 50.4 Å². The highest BCUT2D eigenvalue weighted by molar-refractivity contribution is 9.11. The Hall–Kier alpha value is -12.7. The number of nitrogens with one attached hydrogen (secondary N) is 6. The number of hydrogen-bond acceptors (Lipinski definition) is 19. The molecule has 0 amide bonds. The van der Waals surface area contributed by atoms with Gasteiger partial charge in [0.2, 0.25) is 0 Å². The molecule has 137 heavy (non-hydrogen) atoms. The van der Waals surface area contributed by atoms with Crippen LogP contribution in [0.15, 0.2) is 341 Å². The summed E-state index contributed by atoms with van der Waals surface area (Å²) in [4.78, 5) is 127. The van der Waals surface area contributed by atoms with E-state index in [2.05, 4.69) is 194 Å². The van der Waals surface area contributed by atoms with Crippen LogP contribution in [0.5, 0.6) is 0 Å². The molecule has 6 N–H and O–H groups in total. The molecule has 17 aromatic rings. The molecule has 0 aliphatic heterocycles. The average Bonchev–Trinajstić information content (AvgIpc) is 1.84. The summed E-state index contributed by atoms with van der Waals surface area (Å²) in [6, 6.07) is 87.3. The minimum Gasteiger partial charge on any atom is -0.311 e. The Balaban J connectivity index is 0.000000148. The molecule has 0 saturated carbocycles. The summed E-state index contributed by atoms with van der Waals surface area (Å²) < 4.78 is 0.943. The number of benzene rings is 10. The highest BCUT2D eigenvalue weighted by atomic mass is 79.9. The van der Waals surface area contributed by atoms with Gasteiger partial charge in [0, 0.05) is 50.7 Å². The van der Waals surface area contributed by atoms with Crippen molar-refractivity contribution >= 4 is 154 Å². The molecule has 17 rings (SSSR count). The van der Waals surface area contributed by atoms with Crippen LogP contribution >= 0.6 is 137 Å². The van der Waals surface area contributed by atoms with Gasteiger partial charge in [-0.2, -0.15) is 0 Å². The minimum absolute atomic E-state index is 0.0120. The summed E-state index contributed by atoms with van der Waals surface area (Å²) in [5, 5.41) is 6.08. The fourth-order valence-electron chi connectivity index (χ4n) is 13.0. The lowest BCUT2D eigenvalue weighted by Crippen LogP contribution is -2.11. The third-order valence-corrected chi connectivity index (χ3v) is 28.3. The Morgan fingerprint density at radius 3 is 0.949 bits per heavy atom. The number of nitrogens with zero attached hydrogens (tertiary/aromatic N) is 9. The largest absolute Gasteiger partial charge is 0.311 e. The normalized spacial score (nSPS) is 10.5. The zero-order valence-corrected chi connectivity index (χ0v) is 85.5.